The second kappa shape index (κ2) is 6.73. The van der Waals surface area contributed by atoms with Crippen LogP contribution in [0.1, 0.15) is 60.2 Å². The average molecular weight is 388 g/mol. The molecular weight excluding hydrogens is 365 g/mol. The number of anilines is 1. The lowest BCUT2D eigenvalue weighted by atomic mass is 9.75. The maximum atomic E-state index is 13.3. The predicted octanol–water partition coefficient (Wildman–Crippen LogP) is 5.33. The molecule has 0 fully saturated rings. The summed E-state index contributed by atoms with van der Waals surface area (Å²) in [6.45, 7) is 6.28. The van der Waals surface area contributed by atoms with Crippen LogP contribution in [0, 0.1) is 18.3 Å². The van der Waals surface area contributed by atoms with E-state index in [-0.39, 0.29) is 17.3 Å². The zero-order valence-corrected chi connectivity index (χ0v) is 16.3. The van der Waals surface area contributed by atoms with Crippen LogP contribution < -0.4 is 5.32 Å². The molecule has 2 atom stereocenters. The van der Waals surface area contributed by atoms with Crippen LogP contribution in [0.3, 0.4) is 0 Å². The molecule has 3 nitrogen and oxygen atoms in total. The Morgan fingerprint density at radius 1 is 1.32 bits per heavy atom. The van der Waals surface area contributed by atoms with Crippen molar-refractivity contribution in [2.24, 2.45) is 13.0 Å². The third-order valence-electron chi connectivity index (χ3n) is 5.88. The van der Waals surface area contributed by atoms with E-state index in [1.807, 2.05) is 12.1 Å². The van der Waals surface area contributed by atoms with Gasteiger partial charge in [0.2, 0.25) is 0 Å². The van der Waals surface area contributed by atoms with E-state index in [9.17, 15) is 18.0 Å². The van der Waals surface area contributed by atoms with Crippen molar-refractivity contribution in [3.05, 3.63) is 52.8 Å². The van der Waals surface area contributed by atoms with E-state index < -0.39 is 23.2 Å². The van der Waals surface area contributed by atoms with Crippen LogP contribution in [0.5, 0.6) is 0 Å². The quantitative estimate of drug-likeness (QED) is 0.709. The predicted molar refractivity (Wildman–Crippen MR) is 103 cm³/mol. The number of amides is 1. The lowest BCUT2D eigenvalue weighted by molar-refractivity contribution is -0.137. The molecule has 0 saturated heterocycles. The molecule has 0 bridgehead atoms. The van der Waals surface area contributed by atoms with E-state index in [0.29, 0.717) is 12.1 Å². The summed E-state index contributed by atoms with van der Waals surface area (Å²) in [5, 5.41) is 2.71. The number of nitrogens with zero attached hydrogens (tertiary/aromatic N) is 1. The van der Waals surface area contributed by atoms with E-state index in [1.165, 1.54) is 17.8 Å². The number of aryl methyl sites for hydroxylation is 1. The van der Waals surface area contributed by atoms with Crippen LogP contribution in [-0.4, -0.2) is 10.5 Å². The molecule has 1 aromatic heterocycles. The maximum Gasteiger partial charge on any atom is 0.418 e. The molecule has 148 valence electrons. The average Bonchev–Trinajstić information content (AvgIpc) is 3.08. The third-order valence-corrected chi connectivity index (χ3v) is 5.88. The van der Waals surface area contributed by atoms with Crippen LogP contribution in [0.25, 0.3) is 0 Å². The maximum absolute atomic E-state index is 13.3. The first-order chi connectivity index (χ1) is 13.0. The van der Waals surface area contributed by atoms with Crippen LogP contribution in [0.2, 0.25) is 0 Å². The first kappa shape index (κ1) is 20.1. The topological polar surface area (TPSA) is 34.0 Å². The number of aromatic nitrogens is 1. The molecule has 0 aliphatic heterocycles. The molecule has 1 amide bonds. The lowest BCUT2D eigenvalue weighted by Gasteiger charge is -2.28. The van der Waals surface area contributed by atoms with Gasteiger partial charge in [-0.1, -0.05) is 32.9 Å². The van der Waals surface area contributed by atoms with Crippen molar-refractivity contribution in [1.82, 2.24) is 4.57 Å². The molecule has 6 heteroatoms. The third kappa shape index (κ3) is 3.19. The summed E-state index contributed by atoms with van der Waals surface area (Å²) in [6.07, 6.45) is 3.65. The Morgan fingerprint density at radius 2 is 2.00 bits per heavy atom. The molecule has 0 spiro atoms. The molecule has 0 saturated carbocycles. The van der Waals surface area contributed by atoms with Crippen molar-refractivity contribution in [2.45, 2.75) is 44.7 Å². The highest BCUT2D eigenvalue weighted by molar-refractivity contribution is 6.06. The Hall–Kier alpha value is -2.68. The summed E-state index contributed by atoms with van der Waals surface area (Å²) in [5.74, 6) is 2.22. The number of carbonyl (C=O) groups excluding carboxylic acids is 1. The standard InChI is InChI=1S/C22H23F3N2O/c1-6-8-15-13(2)19-16(21(15,3)4)9-7-10-18(19)26-20(28)14-11-27(5)12-17(14)22(23,24)25/h1,7,9-13,15H,8H2,2-5H3,(H,26,28). The number of hydrogen-bond acceptors (Lipinski definition) is 1. The van der Waals surface area contributed by atoms with Crippen molar-refractivity contribution in [1.29, 1.82) is 0 Å². The lowest BCUT2D eigenvalue weighted by Crippen LogP contribution is -2.24. The molecule has 1 aliphatic rings. The summed E-state index contributed by atoms with van der Waals surface area (Å²) in [6, 6.07) is 5.55. The summed E-state index contributed by atoms with van der Waals surface area (Å²) in [4.78, 5) is 12.7. The molecule has 1 N–H and O–H groups in total. The summed E-state index contributed by atoms with van der Waals surface area (Å²) >= 11 is 0. The SMILES string of the molecule is C#CCC1C(C)c2c(NC(=O)c3cn(C)cc3C(F)(F)F)cccc2C1(C)C. The van der Waals surface area contributed by atoms with Gasteiger partial charge in [0.25, 0.3) is 5.91 Å². The fraction of sp³-hybridized carbons (Fsp3) is 0.409. The Balaban J connectivity index is 2.01. The number of fused-ring (bicyclic) bond motifs is 1. The van der Waals surface area contributed by atoms with Gasteiger partial charge in [0.05, 0.1) is 11.1 Å². The summed E-state index contributed by atoms with van der Waals surface area (Å²) in [5.41, 5.74) is 1.04. The van der Waals surface area contributed by atoms with Crippen molar-refractivity contribution in [3.63, 3.8) is 0 Å². The Kier molecular flexibility index (Phi) is 4.82. The minimum absolute atomic E-state index is 0.0791. The molecule has 1 aliphatic carbocycles. The summed E-state index contributed by atoms with van der Waals surface area (Å²) in [7, 11) is 1.46. The van der Waals surface area contributed by atoms with E-state index in [2.05, 4.69) is 32.0 Å². The van der Waals surface area contributed by atoms with Crippen molar-refractivity contribution < 1.29 is 18.0 Å². The Morgan fingerprint density at radius 3 is 2.61 bits per heavy atom. The highest BCUT2D eigenvalue weighted by Gasteiger charge is 2.45. The monoisotopic (exact) mass is 388 g/mol. The van der Waals surface area contributed by atoms with E-state index >= 15 is 0 Å². The highest BCUT2D eigenvalue weighted by atomic mass is 19.4. The van der Waals surface area contributed by atoms with Gasteiger partial charge in [-0.15, -0.1) is 12.3 Å². The van der Waals surface area contributed by atoms with Crippen LogP contribution in [-0.2, 0) is 18.6 Å². The number of alkyl halides is 3. The first-order valence-corrected chi connectivity index (χ1v) is 9.09. The number of halogens is 3. The number of hydrogen-bond donors (Lipinski definition) is 1. The molecule has 28 heavy (non-hydrogen) atoms. The summed E-state index contributed by atoms with van der Waals surface area (Å²) < 4.78 is 41.0. The zero-order valence-electron chi connectivity index (χ0n) is 16.3. The molecule has 2 aromatic rings. The number of terminal acetylenes is 1. The van der Waals surface area contributed by atoms with E-state index in [1.54, 1.807) is 6.07 Å². The second-order valence-corrected chi connectivity index (χ2v) is 7.99. The molecule has 0 radical (unpaired) electrons. The van der Waals surface area contributed by atoms with Crippen LogP contribution in [0.4, 0.5) is 18.9 Å². The van der Waals surface area contributed by atoms with Crippen molar-refractivity contribution in [3.8, 4) is 12.3 Å². The van der Waals surface area contributed by atoms with Gasteiger partial charge in [-0.3, -0.25) is 4.79 Å². The largest absolute Gasteiger partial charge is 0.418 e. The number of benzene rings is 1. The zero-order chi connectivity index (χ0) is 20.9. The number of nitrogens with one attached hydrogen (secondary N) is 1. The van der Waals surface area contributed by atoms with Gasteiger partial charge in [-0.25, -0.2) is 0 Å². The van der Waals surface area contributed by atoms with Crippen molar-refractivity contribution >= 4 is 11.6 Å². The van der Waals surface area contributed by atoms with E-state index in [4.69, 9.17) is 6.42 Å². The normalized spacial score (nSPS) is 20.5. The van der Waals surface area contributed by atoms with Gasteiger partial charge in [0, 0.05) is 31.5 Å². The fourth-order valence-corrected chi connectivity index (χ4v) is 4.49. The van der Waals surface area contributed by atoms with Gasteiger partial charge in [-0.2, -0.15) is 13.2 Å². The molecular formula is C22H23F3N2O. The van der Waals surface area contributed by atoms with Gasteiger partial charge < -0.3 is 9.88 Å². The first-order valence-electron chi connectivity index (χ1n) is 9.09. The number of rotatable bonds is 3. The highest BCUT2D eigenvalue weighted by Crippen LogP contribution is 2.53. The smallest absolute Gasteiger partial charge is 0.356 e. The van der Waals surface area contributed by atoms with Crippen LogP contribution >= 0.6 is 0 Å². The van der Waals surface area contributed by atoms with E-state index in [0.717, 1.165) is 17.3 Å². The van der Waals surface area contributed by atoms with Gasteiger partial charge in [0.15, 0.2) is 0 Å². The van der Waals surface area contributed by atoms with Crippen LogP contribution in [0.15, 0.2) is 30.6 Å². The minimum Gasteiger partial charge on any atom is -0.356 e. The molecule has 2 unspecified atom stereocenters. The Bertz CT molecular complexity index is 963. The van der Waals surface area contributed by atoms with Gasteiger partial charge in [0.1, 0.15) is 0 Å². The number of carbonyl (C=O) groups is 1. The van der Waals surface area contributed by atoms with Crippen molar-refractivity contribution in [2.75, 3.05) is 5.32 Å². The molecule has 1 heterocycles. The van der Waals surface area contributed by atoms with Gasteiger partial charge in [-0.05, 0) is 34.4 Å². The minimum atomic E-state index is -4.60. The Labute approximate surface area is 162 Å². The fourth-order valence-electron chi connectivity index (χ4n) is 4.49. The second-order valence-electron chi connectivity index (χ2n) is 7.99. The molecule has 3 rings (SSSR count). The van der Waals surface area contributed by atoms with Gasteiger partial charge >= 0.3 is 6.18 Å². The molecule has 1 aromatic carbocycles.